The fourth-order valence-electron chi connectivity index (χ4n) is 2.82. The maximum absolute atomic E-state index is 10.6. The van der Waals surface area contributed by atoms with Crippen molar-refractivity contribution in [2.75, 3.05) is 13.1 Å². The molecule has 3 saturated heterocycles. The van der Waals surface area contributed by atoms with Crippen molar-refractivity contribution in [2.45, 2.75) is 25.5 Å². The molecule has 4 rings (SSSR count). The van der Waals surface area contributed by atoms with E-state index in [0.29, 0.717) is 5.56 Å². The summed E-state index contributed by atoms with van der Waals surface area (Å²) in [5.41, 5.74) is 0.697. The third-order valence-electron chi connectivity index (χ3n) is 3.88. The Kier molecular flexibility index (Phi) is 2.85. The summed E-state index contributed by atoms with van der Waals surface area (Å²) >= 11 is 0. The molecule has 0 amide bonds. The highest BCUT2D eigenvalue weighted by Gasteiger charge is 2.34. The van der Waals surface area contributed by atoms with Gasteiger partial charge in [0, 0.05) is 25.1 Å². The van der Waals surface area contributed by atoms with Gasteiger partial charge in [0.1, 0.15) is 12.0 Å². The van der Waals surface area contributed by atoms with Gasteiger partial charge in [0.2, 0.25) is 0 Å². The Bertz CT molecular complexity index is 393. The van der Waals surface area contributed by atoms with Crippen molar-refractivity contribution in [1.29, 1.82) is 0 Å². The second-order valence-electron chi connectivity index (χ2n) is 4.97. The van der Waals surface area contributed by atoms with Gasteiger partial charge in [-0.2, -0.15) is 0 Å². The van der Waals surface area contributed by atoms with Gasteiger partial charge in [0.05, 0.1) is 0 Å². The number of fused-ring (bicyclic) bond motifs is 3. The second-order valence-corrected chi connectivity index (χ2v) is 4.97. The largest absolute Gasteiger partial charge is 0.475 e. The monoisotopic (exact) mass is 231 g/mol. The third-order valence-corrected chi connectivity index (χ3v) is 3.88. The number of rotatable bonds is 3. The summed E-state index contributed by atoms with van der Waals surface area (Å²) in [5, 5.41) is 0. The molecular formula is C14H17NO2. The molecule has 3 heterocycles. The summed E-state index contributed by atoms with van der Waals surface area (Å²) < 4.78 is 6.00. The molecule has 3 aliphatic rings. The van der Waals surface area contributed by atoms with E-state index >= 15 is 0 Å². The van der Waals surface area contributed by atoms with Crippen molar-refractivity contribution >= 4 is 6.29 Å². The van der Waals surface area contributed by atoms with Crippen LogP contribution in [0, 0.1) is 5.92 Å². The molecule has 0 aliphatic carbocycles. The van der Waals surface area contributed by atoms with Crippen LogP contribution in [0.1, 0.15) is 29.6 Å². The van der Waals surface area contributed by atoms with Crippen LogP contribution in [0.5, 0.6) is 5.75 Å². The highest BCUT2D eigenvalue weighted by Crippen LogP contribution is 2.32. The van der Waals surface area contributed by atoms with Crippen LogP contribution >= 0.6 is 0 Å². The lowest BCUT2D eigenvalue weighted by atomic mass is 9.87. The Hall–Kier alpha value is -1.35. The van der Waals surface area contributed by atoms with E-state index in [1.807, 2.05) is 12.1 Å². The molecule has 0 N–H and O–H groups in total. The van der Waals surface area contributed by atoms with Crippen LogP contribution in [0.4, 0.5) is 0 Å². The summed E-state index contributed by atoms with van der Waals surface area (Å²) in [6.07, 6.45) is 4.89. The summed E-state index contributed by atoms with van der Waals surface area (Å²) in [6.45, 7) is 2.34. The van der Waals surface area contributed by atoms with Crippen molar-refractivity contribution in [1.82, 2.24) is 4.90 Å². The Morgan fingerprint density at radius 2 is 1.88 bits per heavy atom. The predicted molar refractivity (Wildman–Crippen MR) is 65.2 cm³/mol. The lowest BCUT2D eigenvalue weighted by Gasteiger charge is -2.44. The predicted octanol–water partition coefficient (Wildman–Crippen LogP) is 2.32. The van der Waals surface area contributed by atoms with Gasteiger partial charge in [0.15, 0.2) is 6.23 Å². The van der Waals surface area contributed by atoms with E-state index in [1.54, 1.807) is 12.1 Å². The molecular weight excluding hydrogens is 214 g/mol. The number of piperidine rings is 3. The van der Waals surface area contributed by atoms with Gasteiger partial charge in [-0.3, -0.25) is 9.69 Å². The number of ether oxygens (including phenoxy) is 1. The van der Waals surface area contributed by atoms with Gasteiger partial charge in [-0.05, 0) is 43.0 Å². The molecule has 90 valence electrons. The topological polar surface area (TPSA) is 29.5 Å². The van der Waals surface area contributed by atoms with Crippen LogP contribution in [0.3, 0.4) is 0 Å². The average Bonchev–Trinajstić information content (AvgIpc) is 2.41. The Morgan fingerprint density at radius 1 is 1.18 bits per heavy atom. The van der Waals surface area contributed by atoms with Crippen LogP contribution in [-0.4, -0.2) is 30.5 Å². The van der Waals surface area contributed by atoms with E-state index in [1.165, 1.54) is 25.9 Å². The number of benzene rings is 1. The average molecular weight is 231 g/mol. The molecule has 3 fully saturated rings. The molecule has 3 heteroatoms. The first-order valence-electron chi connectivity index (χ1n) is 6.31. The molecule has 3 aliphatic heterocycles. The van der Waals surface area contributed by atoms with Crippen LogP contribution in [-0.2, 0) is 0 Å². The highest BCUT2D eigenvalue weighted by molar-refractivity contribution is 5.74. The lowest BCUT2D eigenvalue weighted by molar-refractivity contribution is -0.0605. The van der Waals surface area contributed by atoms with E-state index in [0.717, 1.165) is 24.4 Å². The summed E-state index contributed by atoms with van der Waals surface area (Å²) in [6, 6.07) is 7.37. The normalized spacial score (nSPS) is 31.2. The molecule has 1 unspecified atom stereocenters. The van der Waals surface area contributed by atoms with Crippen molar-refractivity contribution in [3.05, 3.63) is 29.8 Å². The number of carbonyl (C=O) groups is 1. The maximum atomic E-state index is 10.6. The van der Waals surface area contributed by atoms with Crippen molar-refractivity contribution in [3.63, 3.8) is 0 Å². The van der Waals surface area contributed by atoms with Gasteiger partial charge in [0.25, 0.3) is 0 Å². The van der Waals surface area contributed by atoms with E-state index in [9.17, 15) is 4.79 Å². The van der Waals surface area contributed by atoms with Crippen molar-refractivity contribution in [3.8, 4) is 5.75 Å². The van der Waals surface area contributed by atoms with Crippen molar-refractivity contribution in [2.24, 2.45) is 5.92 Å². The van der Waals surface area contributed by atoms with Gasteiger partial charge in [-0.25, -0.2) is 0 Å². The minimum Gasteiger partial charge on any atom is -0.475 e. The first kappa shape index (κ1) is 10.8. The maximum Gasteiger partial charge on any atom is 0.152 e. The Labute approximate surface area is 101 Å². The van der Waals surface area contributed by atoms with Gasteiger partial charge in [-0.15, -0.1) is 0 Å². The highest BCUT2D eigenvalue weighted by atomic mass is 16.5. The number of hydrogen-bond acceptors (Lipinski definition) is 3. The van der Waals surface area contributed by atoms with E-state index < -0.39 is 0 Å². The van der Waals surface area contributed by atoms with Crippen molar-refractivity contribution < 1.29 is 9.53 Å². The fraction of sp³-hybridized carbons (Fsp3) is 0.500. The molecule has 3 nitrogen and oxygen atoms in total. The zero-order chi connectivity index (χ0) is 11.7. The Morgan fingerprint density at radius 3 is 2.41 bits per heavy atom. The molecule has 0 saturated carbocycles. The van der Waals surface area contributed by atoms with Crippen LogP contribution in [0.2, 0.25) is 0 Å². The zero-order valence-corrected chi connectivity index (χ0v) is 9.84. The van der Waals surface area contributed by atoms with Gasteiger partial charge >= 0.3 is 0 Å². The van der Waals surface area contributed by atoms with Crippen LogP contribution in [0.15, 0.2) is 24.3 Å². The first-order valence-corrected chi connectivity index (χ1v) is 6.31. The molecule has 2 bridgehead atoms. The standard InChI is InChI=1S/C14H17NO2/c16-10-12-1-3-13(4-2-12)17-14-9-11-5-7-15(14)8-6-11/h1-4,10-11,14H,5-9H2. The third kappa shape index (κ3) is 2.20. The number of aldehydes is 1. The molecule has 17 heavy (non-hydrogen) atoms. The van der Waals surface area contributed by atoms with Gasteiger partial charge in [-0.1, -0.05) is 0 Å². The molecule has 1 aromatic rings. The number of hydrogen-bond donors (Lipinski definition) is 0. The van der Waals surface area contributed by atoms with Crippen LogP contribution in [0.25, 0.3) is 0 Å². The summed E-state index contributed by atoms with van der Waals surface area (Å²) in [5.74, 6) is 1.72. The molecule has 1 atom stereocenters. The molecule has 0 radical (unpaired) electrons. The van der Waals surface area contributed by atoms with Crippen LogP contribution < -0.4 is 4.74 Å². The lowest BCUT2D eigenvalue weighted by Crippen LogP contribution is -2.51. The number of carbonyl (C=O) groups excluding carboxylic acids is 1. The summed E-state index contributed by atoms with van der Waals surface area (Å²) in [4.78, 5) is 13.0. The Balaban J connectivity index is 1.67. The zero-order valence-electron chi connectivity index (χ0n) is 9.84. The van der Waals surface area contributed by atoms with Gasteiger partial charge < -0.3 is 4.74 Å². The van der Waals surface area contributed by atoms with E-state index in [-0.39, 0.29) is 6.23 Å². The minimum absolute atomic E-state index is 0.240. The fourth-order valence-corrected chi connectivity index (χ4v) is 2.82. The SMILES string of the molecule is O=Cc1ccc(OC2CC3CCN2CC3)cc1. The smallest absolute Gasteiger partial charge is 0.152 e. The minimum atomic E-state index is 0.240. The van der Waals surface area contributed by atoms with E-state index in [4.69, 9.17) is 4.74 Å². The van der Waals surface area contributed by atoms with E-state index in [2.05, 4.69) is 4.90 Å². The molecule has 1 aromatic carbocycles. The molecule has 0 aromatic heterocycles. The quantitative estimate of drug-likeness (QED) is 0.748. The first-order chi connectivity index (χ1) is 8.35. The molecule has 0 spiro atoms. The second kappa shape index (κ2) is 4.49. The summed E-state index contributed by atoms with van der Waals surface area (Å²) in [7, 11) is 0. The number of nitrogens with zero attached hydrogens (tertiary/aromatic N) is 1.